The number of fused-ring (bicyclic) bond motifs is 2. The fraction of sp³-hybridized carbons (Fsp3) is 0.286. The van der Waals surface area contributed by atoms with Crippen molar-refractivity contribution in [2.45, 2.75) is 20.4 Å². The van der Waals surface area contributed by atoms with Gasteiger partial charge in [-0.15, -0.1) is 0 Å². The van der Waals surface area contributed by atoms with E-state index in [1.54, 1.807) is 0 Å². The van der Waals surface area contributed by atoms with Crippen LogP contribution in [0, 0.1) is 5.92 Å². The maximum absolute atomic E-state index is 8.91. The average Bonchev–Trinajstić information content (AvgIpc) is 3.05. The van der Waals surface area contributed by atoms with Gasteiger partial charge in [0.15, 0.2) is 5.65 Å². The van der Waals surface area contributed by atoms with E-state index in [1.807, 2.05) is 35.0 Å². The summed E-state index contributed by atoms with van der Waals surface area (Å²) >= 11 is 0. The molecule has 0 bridgehead atoms. The molecule has 7 heteroatoms. The highest BCUT2D eigenvalue weighted by Crippen LogP contribution is 2.33. The van der Waals surface area contributed by atoms with Gasteiger partial charge < -0.3 is 15.6 Å². The van der Waals surface area contributed by atoms with Crippen LogP contribution in [0.5, 0.6) is 5.75 Å². The lowest BCUT2D eigenvalue weighted by atomic mass is 10.0. The van der Waals surface area contributed by atoms with Gasteiger partial charge in [0.1, 0.15) is 30.2 Å². The lowest BCUT2D eigenvalue weighted by Crippen LogP contribution is -2.07. The number of nitrogens with two attached hydrogens (primary N) is 1. The van der Waals surface area contributed by atoms with Gasteiger partial charge >= 0.3 is 0 Å². The predicted molar refractivity (Wildman–Crippen MR) is 110 cm³/mol. The number of hydrogen-bond acceptors (Lipinski definition) is 6. The fourth-order valence-corrected chi connectivity index (χ4v) is 3.33. The van der Waals surface area contributed by atoms with Gasteiger partial charge in [-0.1, -0.05) is 32.0 Å². The molecule has 2 aromatic heterocycles. The second kappa shape index (κ2) is 7.44. The summed E-state index contributed by atoms with van der Waals surface area (Å²) in [5.41, 5.74) is 8.68. The van der Waals surface area contributed by atoms with Crippen molar-refractivity contribution in [1.29, 1.82) is 0 Å². The first kappa shape index (κ1) is 18.2. The molecule has 4 aromatic rings. The molecule has 0 unspecified atom stereocenters. The van der Waals surface area contributed by atoms with E-state index in [1.165, 1.54) is 6.33 Å². The first-order chi connectivity index (χ1) is 13.6. The summed E-state index contributed by atoms with van der Waals surface area (Å²) < 4.78 is 7.40. The minimum Gasteiger partial charge on any atom is -0.491 e. The van der Waals surface area contributed by atoms with Crippen molar-refractivity contribution in [1.82, 2.24) is 19.7 Å². The number of nitrogens with zero attached hydrogens (tertiary/aromatic N) is 4. The molecule has 7 nitrogen and oxygen atoms in total. The third kappa shape index (κ3) is 3.36. The minimum atomic E-state index is -0.00736. The van der Waals surface area contributed by atoms with Crippen molar-refractivity contribution in [2.24, 2.45) is 5.92 Å². The van der Waals surface area contributed by atoms with Crippen molar-refractivity contribution in [2.75, 3.05) is 18.9 Å². The SMILES string of the molecule is CC(C)Cn1nc(-c2ccc3cc(OCCO)ccc3c2)c2c(N)ncnc21. The van der Waals surface area contributed by atoms with Gasteiger partial charge in [0, 0.05) is 12.1 Å². The molecule has 2 aromatic carbocycles. The van der Waals surface area contributed by atoms with Gasteiger partial charge in [0.05, 0.1) is 12.0 Å². The number of nitrogen functional groups attached to an aromatic ring is 1. The van der Waals surface area contributed by atoms with Crippen molar-refractivity contribution in [3.05, 3.63) is 42.7 Å². The summed E-state index contributed by atoms with van der Waals surface area (Å²) in [6.45, 7) is 5.31. The topological polar surface area (TPSA) is 99.1 Å². The molecule has 0 saturated heterocycles. The van der Waals surface area contributed by atoms with Crippen LogP contribution in [-0.2, 0) is 6.54 Å². The highest BCUT2D eigenvalue weighted by atomic mass is 16.5. The summed E-state index contributed by atoms with van der Waals surface area (Å²) in [7, 11) is 0. The molecule has 144 valence electrons. The molecular weight excluding hydrogens is 354 g/mol. The third-order valence-corrected chi connectivity index (χ3v) is 4.54. The van der Waals surface area contributed by atoms with Crippen LogP contribution in [0.25, 0.3) is 33.1 Å². The second-order valence-electron chi connectivity index (χ2n) is 7.18. The van der Waals surface area contributed by atoms with Crippen LogP contribution >= 0.6 is 0 Å². The molecule has 2 heterocycles. The lowest BCUT2D eigenvalue weighted by Gasteiger charge is -2.07. The normalized spacial score (nSPS) is 11.6. The summed E-state index contributed by atoms with van der Waals surface area (Å²) in [6.07, 6.45) is 1.48. The van der Waals surface area contributed by atoms with Crippen molar-refractivity contribution in [3.63, 3.8) is 0 Å². The van der Waals surface area contributed by atoms with Crippen LogP contribution in [0.3, 0.4) is 0 Å². The summed E-state index contributed by atoms with van der Waals surface area (Å²) in [5, 5.41) is 16.6. The zero-order valence-electron chi connectivity index (χ0n) is 16.0. The van der Waals surface area contributed by atoms with Crippen molar-refractivity contribution < 1.29 is 9.84 Å². The van der Waals surface area contributed by atoms with Crippen molar-refractivity contribution in [3.8, 4) is 17.0 Å². The zero-order valence-corrected chi connectivity index (χ0v) is 16.0. The molecule has 3 N–H and O–H groups in total. The van der Waals surface area contributed by atoms with Crippen LogP contribution in [0.15, 0.2) is 42.7 Å². The Balaban J connectivity index is 1.82. The average molecular weight is 377 g/mol. The monoisotopic (exact) mass is 377 g/mol. The Labute approximate surface area is 162 Å². The summed E-state index contributed by atoms with van der Waals surface area (Å²) in [6, 6.07) is 12.0. The number of rotatable bonds is 6. The Hall–Kier alpha value is -3.19. The van der Waals surface area contributed by atoms with Crippen LogP contribution < -0.4 is 10.5 Å². The van der Waals surface area contributed by atoms with E-state index in [0.29, 0.717) is 11.7 Å². The van der Waals surface area contributed by atoms with Crippen molar-refractivity contribution >= 4 is 27.6 Å². The van der Waals surface area contributed by atoms with Gasteiger partial charge in [-0.3, -0.25) is 0 Å². The Morgan fingerprint density at radius 2 is 1.89 bits per heavy atom. The highest BCUT2D eigenvalue weighted by Gasteiger charge is 2.17. The number of benzene rings is 2. The Morgan fingerprint density at radius 1 is 1.11 bits per heavy atom. The maximum atomic E-state index is 8.91. The van der Waals surface area contributed by atoms with Gasteiger partial charge in [-0.2, -0.15) is 5.10 Å². The van der Waals surface area contributed by atoms with Gasteiger partial charge in [-0.25, -0.2) is 14.6 Å². The largest absolute Gasteiger partial charge is 0.491 e. The number of hydrogen-bond donors (Lipinski definition) is 2. The van der Waals surface area contributed by atoms with Gasteiger partial charge in [0.2, 0.25) is 0 Å². The summed E-state index contributed by atoms with van der Waals surface area (Å²) in [5.74, 6) is 1.60. The number of aliphatic hydroxyl groups is 1. The van der Waals surface area contributed by atoms with E-state index >= 15 is 0 Å². The number of aliphatic hydroxyl groups excluding tert-OH is 1. The molecule has 4 rings (SSSR count). The molecule has 0 fully saturated rings. The molecule has 0 spiro atoms. The summed E-state index contributed by atoms with van der Waals surface area (Å²) in [4.78, 5) is 8.58. The predicted octanol–water partition coefficient (Wildman–Crippen LogP) is 3.26. The number of anilines is 1. The van der Waals surface area contributed by atoms with E-state index in [9.17, 15) is 0 Å². The molecule has 0 saturated carbocycles. The lowest BCUT2D eigenvalue weighted by molar-refractivity contribution is 0.201. The second-order valence-corrected chi connectivity index (χ2v) is 7.18. The molecule has 0 atom stereocenters. The van der Waals surface area contributed by atoms with E-state index in [-0.39, 0.29) is 13.2 Å². The molecule has 0 aliphatic carbocycles. The first-order valence-electron chi connectivity index (χ1n) is 9.31. The fourth-order valence-electron chi connectivity index (χ4n) is 3.33. The Bertz CT molecular complexity index is 1140. The number of aromatic nitrogens is 4. The van der Waals surface area contributed by atoms with Crippen LogP contribution in [0.1, 0.15) is 13.8 Å². The van der Waals surface area contributed by atoms with E-state index < -0.39 is 0 Å². The van der Waals surface area contributed by atoms with Crippen LogP contribution in [0.2, 0.25) is 0 Å². The quantitative estimate of drug-likeness (QED) is 0.535. The molecular formula is C21H23N5O2. The van der Waals surface area contributed by atoms with E-state index in [0.717, 1.165) is 45.4 Å². The molecule has 28 heavy (non-hydrogen) atoms. The first-order valence-corrected chi connectivity index (χ1v) is 9.31. The smallest absolute Gasteiger partial charge is 0.163 e. The van der Waals surface area contributed by atoms with E-state index in [2.05, 4.69) is 29.9 Å². The van der Waals surface area contributed by atoms with Crippen LogP contribution in [0.4, 0.5) is 5.82 Å². The Kier molecular flexibility index (Phi) is 4.83. The molecule has 0 aliphatic rings. The minimum absolute atomic E-state index is 0.00736. The van der Waals surface area contributed by atoms with Gasteiger partial charge in [0.25, 0.3) is 0 Å². The molecule has 0 radical (unpaired) electrons. The van der Waals surface area contributed by atoms with E-state index in [4.69, 9.17) is 20.7 Å². The molecule has 0 amide bonds. The molecule has 0 aliphatic heterocycles. The highest BCUT2D eigenvalue weighted by molar-refractivity contribution is 6.00. The van der Waals surface area contributed by atoms with Crippen LogP contribution in [-0.4, -0.2) is 38.1 Å². The maximum Gasteiger partial charge on any atom is 0.163 e. The standard InChI is InChI=1S/C21H23N5O2/c1-13(2)11-26-21-18(20(22)23-12-24-21)19(25-26)16-4-3-15-10-17(28-8-7-27)6-5-14(15)9-16/h3-6,9-10,12-13,27H,7-8,11H2,1-2H3,(H2,22,23,24). The number of ether oxygens (including phenoxy) is 1. The third-order valence-electron chi connectivity index (χ3n) is 4.54. The van der Waals surface area contributed by atoms with Gasteiger partial charge in [-0.05, 0) is 34.9 Å². The zero-order chi connectivity index (χ0) is 19.7. The Morgan fingerprint density at radius 3 is 2.68 bits per heavy atom.